The molecule has 1 saturated heterocycles. The quantitative estimate of drug-likeness (QED) is 0.893. The van der Waals surface area contributed by atoms with E-state index in [1.165, 1.54) is 0 Å². The lowest BCUT2D eigenvalue weighted by atomic mass is 9.94. The third-order valence-corrected chi connectivity index (χ3v) is 4.31. The van der Waals surface area contributed by atoms with Crippen molar-refractivity contribution in [2.24, 2.45) is 5.73 Å². The fourth-order valence-corrected chi connectivity index (χ4v) is 3.12. The van der Waals surface area contributed by atoms with Gasteiger partial charge in [0.25, 0.3) is 5.91 Å². The minimum Gasteiger partial charge on any atom is -0.466 e. The summed E-state index contributed by atoms with van der Waals surface area (Å²) in [4.78, 5) is 14.8. The molecule has 0 aromatic carbocycles. The van der Waals surface area contributed by atoms with E-state index < -0.39 is 0 Å². The van der Waals surface area contributed by atoms with Gasteiger partial charge in [0.2, 0.25) is 0 Å². The minimum atomic E-state index is 0.0782. The molecule has 1 aromatic heterocycles. The van der Waals surface area contributed by atoms with Gasteiger partial charge in [-0.1, -0.05) is 0 Å². The molecule has 4 nitrogen and oxygen atoms in total. The number of carbonyl (C=O) groups is 1. The van der Waals surface area contributed by atoms with Crippen molar-refractivity contribution in [2.75, 3.05) is 6.54 Å². The Labute approximate surface area is 114 Å². The highest BCUT2D eigenvalue weighted by Crippen LogP contribution is 2.28. The van der Waals surface area contributed by atoms with Gasteiger partial charge >= 0.3 is 0 Å². The zero-order valence-electron chi connectivity index (χ0n) is 12.3. The Kier molecular flexibility index (Phi) is 3.99. The molecule has 2 N–H and O–H groups in total. The molecule has 1 aromatic rings. The maximum atomic E-state index is 12.8. The Balaban J connectivity index is 2.36. The highest BCUT2D eigenvalue weighted by atomic mass is 16.3. The van der Waals surface area contributed by atoms with Crippen LogP contribution in [-0.2, 0) is 0 Å². The second kappa shape index (κ2) is 5.37. The van der Waals surface area contributed by atoms with Crippen LogP contribution in [0.15, 0.2) is 4.42 Å². The molecule has 1 fully saturated rings. The molecule has 1 aliphatic rings. The van der Waals surface area contributed by atoms with Crippen LogP contribution in [0.1, 0.15) is 53.6 Å². The highest BCUT2D eigenvalue weighted by molar-refractivity contribution is 5.97. The monoisotopic (exact) mass is 264 g/mol. The van der Waals surface area contributed by atoms with E-state index >= 15 is 0 Å². The van der Waals surface area contributed by atoms with Gasteiger partial charge in [-0.3, -0.25) is 4.79 Å². The average Bonchev–Trinajstić information content (AvgIpc) is 2.62. The SMILES string of the molecule is Cc1oc(C)c(C(=O)N2C(C)CCCC2CN)c1C. The van der Waals surface area contributed by atoms with Crippen molar-refractivity contribution in [1.29, 1.82) is 0 Å². The van der Waals surface area contributed by atoms with Gasteiger partial charge in [0.05, 0.1) is 5.56 Å². The van der Waals surface area contributed by atoms with Crippen molar-refractivity contribution < 1.29 is 9.21 Å². The van der Waals surface area contributed by atoms with Gasteiger partial charge in [0.15, 0.2) is 0 Å². The number of hydrogen-bond acceptors (Lipinski definition) is 3. The van der Waals surface area contributed by atoms with Gasteiger partial charge in [0, 0.05) is 24.2 Å². The number of aryl methyl sites for hydroxylation is 2. The van der Waals surface area contributed by atoms with Crippen LogP contribution in [0.2, 0.25) is 0 Å². The summed E-state index contributed by atoms with van der Waals surface area (Å²) in [5.41, 5.74) is 7.52. The zero-order chi connectivity index (χ0) is 14.2. The van der Waals surface area contributed by atoms with Crippen LogP contribution in [0.5, 0.6) is 0 Å². The molecule has 2 atom stereocenters. The summed E-state index contributed by atoms with van der Waals surface area (Å²) in [6, 6.07) is 0.411. The van der Waals surface area contributed by atoms with Crippen LogP contribution < -0.4 is 5.73 Å². The van der Waals surface area contributed by atoms with Crippen LogP contribution in [-0.4, -0.2) is 29.4 Å². The number of furan rings is 1. The summed E-state index contributed by atoms with van der Waals surface area (Å²) < 4.78 is 5.58. The number of rotatable bonds is 2. The van der Waals surface area contributed by atoms with Crippen molar-refractivity contribution in [3.8, 4) is 0 Å². The molecule has 2 unspecified atom stereocenters. The van der Waals surface area contributed by atoms with Gasteiger partial charge < -0.3 is 15.1 Å². The third kappa shape index (κ3) is 2.41. The van der Waals surface area contributed by atoms with E-state index in [1.807, 2.05) is 25.7 Å². The first kappa shape index (κ1) is 14.1. The van der Waals surface area contributed by atoms with Gasteiger partial charge in [0.1, 0.15) is 11.5 Å². The summed E-state index contributed by atoms with van der Waals surface area (Å²) in [5.74, 6) is 1.62. The number of piperidine rings is 1. The smallest absolute Gasteiger partial charge is 0.258 e. The molecule has 19 heavy (non-hydrogen) atoms. The molecule has 106 valence electrons. The predicted molar refractivity (Wildman–Crippen MR) is 75.2 cm³/mol. The van der Waals surface area contributed by atoms with Crippen LogP contribution >= 0.6 is 0 Å². The molecular formula is C15H24N2O2. The van der Waals surface area contributed by atoms with E-state index in [0.717, 1.165) is 36.1 Å². The summed E-state index contributed by atoms with van der Waals surface area (Å²) in [5, 5.41) is 0. The van der Waals surface area contributed by atoms with Crippen molar-refractivity contribution in [3.63, 3.8) is 0 Å². The van der Waals surface area contributed by atoms with Crippen molar-refractivity contribution >= 4 is 5.91 Å². The maximum Gasteiger partial charge on any atom is 0.258 e. The number of nitrogens with zero attached hydrogens (tertiary/aromatic N) is 1. The maximum absolute atomic E-state index is 12.8. The number of hydrogen-bond donors (Lipinski definition) is 1. The first-order chi connectivity index (χ1) is 8.97. The summed E-state index contributed by atoms with van der Waals surface area (Å²) in [6.07, 6.45) is 3.20. The second-order valence-corrected chi connectivity index (χ2v) is 5.60. The first-order valence-electron chi connectivity index (χ1n) is 7.06. The third-order valence-electron chi connectivity index (χ3n) is 4.31. The van der Waals surface area contributed by atoms with Crippen molar-refractivity contribution in [1.82, 2.24) is 4.90 Å². The molecule has 0 aliphatic carbocycles. The van der Waals surface area contributed by atoms with Gasteiger partial charge in [-0.2, -0.15) is 0 Å². The molecule has 0 bridgehead atoms. The average molecular weight is 264 g/mol. The molecule has 4 heteroatoms. The van der Waals surface area contributed by atoms with E-state index in [9.17, 15) is 4.79 Å². The number of nitrogens with two attached hydrogens (primary N) is 1. The van der Waals surface area contributed by atoms with Crippen LogP contribution in [0.3, 0.4) is 0 Å². The van der Waals surface area contributed by atoms with Crippen LogP contribution in [0, 0.1) is 20.8 Å². The first-order valence-corrected chi connectivity index (χ1v) is 7.06. The van der Waals surface area contributed by atoms with Gasteiger partial charge in [-0.25, -0.2) is 0 Å². The van der Waals surface area contributed by atoms with E-state index in [0.29, 0.717) is 12.3 Å². The fourth-order valence-electron chi connectivity index (χ4n) is 3.12. The lowest BCUT2D eigenvalue weighted by molar-refractivity contribution is 0.0491. The summed E-state index contributed by atoms with van der Waals surface area (Å²) >= 11 is 0. The summed E-state index contributed by atoms with van der Waals surface area (Å²) in [6.45, 7) is 8.35. The highest BCUT2D eigenvalue weighted by Gasteiger charge is 2.34. The zero-order valence-corrected chi connectivity index (χ0v) is 12.3. The Hall–Kier alpha value is -1.29. The minimum absolute atomic E-state index is 0.0782. The lowest BCUT2D eigenvalue weighted by Crippen LogP contribution is -2.52. The Morgan fingerprint density at radius 2 is 2.00 bits per heavy atom. The van der Waals surface area contributed by atoms with Crippen molar-refractivity contribution in [3.05, 3.63) is 22.6 Å². The van der Waals surface area contributed by atoms with E-state index in [-0.39, 0.29) is 18.0 Å². The largest absolute Gasteiger partial charge is 0.466 e. The molecule has 1 aliphatic heterocycles. The number of likely N-dealkylation sites (tertiary alicyclic amines) is 1. The normalized spacial score (nSPS) is 23.7. The van der Waals surface area contributed by atoms with E-state index in [2.05, 4.69) is 6.92 Å². The molecular weight excluding hydrogens is 240 g/mol. The van der Waals surface area contributed by atoms with E-state index in [4.69, 9.17) is 10.2 Å². The molecule has 0 saturated carbocycles. The number of amides is 1. The molecule has 0 spiro atoms. The Morgan fingerprint density at radius 1 is 1.32 bits per heavy atom. The summed E-state index contributed by atoms with van der Waals surface area (Å²) in [7, 11) is 0. The van der Waals surface area contributed by atoms with Crippen LogP contribution in [0.4, 0.5) is 0 Å². The number of carbonyl (C=O) groups excluding carboxylic acids is 1. The van der Waals surface area contributed by atoms with Gasteiger partial charge in [-0.15, -0.1) is 0 Å². The molecule has 2 heterocycles. The topological polar surface area (TPSA) is 59.5 Å². The second-order valence-electron chi connectivity index (χ2n) is 5.60. The standard InChI is InChI=1S/C15H24N2O2/c1-9-6-5-7-13(8-16)17(9)15(18)14-10(2)11(3)19-12(14)4/h9,13H,5-8,16H2,1-4H3. The molecule has 1 amide bonds. The Bertz CT molecular complexity index is 479. The molecule has 0 radical (unpaired) electrons. The Morgan fingerprint density at radius 3 is 2.53 bits per heavy atom. The van der Waals surface area contributed by atoms with Crippen LogP contribution in [0.25, 0.3) is 0 Å². The van der Waals surface area contributed by atoms with Crippen molar-refractivity contribution in [2.45, 2.75) is 59.0 Å². The fraction of sp³-hybridized carbons (Fsp3) is 0.667. The molecule has 2 rings (SSSR count). The lowest BCUT2D eigenvalue weighted by Gasteiger charge is -2.40. The van der Waals surface area contributed by atoms with E-state index in [1.54, 1.807) is 0 Å². The predicted octanol–water partition coefficient (Wildman–Crippen LogP) is 2.55. The van der Waals surface area contributed by atoms with Gasteiger partial charge in [-0.05, 0) is 47.0 Å².